The van der Waals surface area contributed by atoms with E-state index in [1.807, 2.05) is 18.2 Å². The first-order valence-electron chi connectivity index (χ1n) is 5.29. The van der Waals surface area contributed by atoms with Crippen LogP contribution in [0.2, 0.25) is 5.02 Å². The summed E-state index contributed by atoms with van der Waals surface area (Å²) in [5.74, 6) is 0.0886. The maximum Gasteiger partial charge on any atom is 0.122 e. The summed E-state index contributed by atoms with van der Waals surface area (Å²) in [5.41, 5.74) is 1.63. The van der Waals surface area contributed by atoms with Crippen LogP contribution in [0.1, 0.15) is 11.1 Å². The van der Waals surface area contributed by atoms with E-state index in [1.165, 1.54) is 18.2 Å². The van der Waals surface area contributed by atoms with Gasteiger partial charge < -0.3 is 5.11 Å². The van der Waals surface area contributed by atoms with Crippen LogP contribution in [-0.2, 0) is 0 Å². The zero-order valence-electron chi connectivity index (χ0n) is 9.38. The summed E-state index contributed by atoms with van der Waals surface area (Å²) in [7, 11) is 0. The van der Waals surface area contributed by atoms with Gasteiger partial charge in [-0.15, -0.1) is 4.91 Å². The van der Waals surface area contributed by atoms with Crippen molar-refractivity contribution in [3.63, 3.8) is 0 Å². The summed E-state index contributed by atoms with van der Waals surface area (Å²) in [4.78, 5) is 10.4. The number of nitrogens with zero attached hydrogens (tertiary/aromatic N) is 1. The Labute approximate surface area is 109 Å². The lowest BCUT2D eigenvalue weighted by molar-refractivity contribution is 0.474. The van der Waals surface area contributed by atoms with E-state index in [9.17, 15) is 10.0 Å². The zero-order chi connectivity index (χ0) is 13.0. The van der Waals surface area contributed by atoms with Crippen molar-refractivity contribution in [2.75, 3.05) is 0 Å². The molecule has 0 amide bonds. The molecule has 4 heteroatoms. The van der Waals surface area contributed by atoms with E-state index in [0.29, 0.717) is 10.6 Å². The molecule has 3 nitrogen and oxygen atoms in total. The van der Waals surface area contributed by atoms with Gasteiger partial charge in [-0.05, 0) is 35.0 Å². The molecule has 0 atom stereocenters. The number of aromatic hydroxyl groups is 1. The number of nitroso groups, excluding NO2 is 1. The third kappa shape index (κ3) is 2.76. The molecule has 2 aromatic carbocycles. The normalized spacial score (nSPS) is 10.7. The van der Waals surface area contributed by atoms with E-state index in [2.05, 4.69) is 5.18 Å². The van der Waals surface area contributed by atoms with E-state index in [4.69, 9.17) is 11.6 Å². The first kappa shape index (κ1) is 12.3. The van der Waals surface area contributed by atoms with Crippen LogP contribution in [0, 0.1) is 4.91 Å². The molecule has 0 saturated carbocycles. The molecule has 2 rings (SSSR count). The van der Waals surface area contributed by atoms with Crippen LogP contribution in [0.15, 0.2) is 47.6 Å². The summed E-state index contributed by atoms with van der Waals surface area (Å²) in [6.07, 6.45) is 3.46. The molecule has 0 aromatic heterocycles. The Balaban J connectivity index is 2.34. The fourth-order valence-electron chi connectivity index (χ4n) is 1.52. The minimum atomic E-state index is 0.0886. The highest BCUT2D eigenvalue weighted by atomic mass is 35.5. The number of rotatable bonds is 3. The van der Waals surface area contributed by atoms with Crippen molar-refractivity contribution in [1.82, 2.24) is 0 Å². The molecule has 0 radical (unpaired) electrons. The highest BCUT2D eigenvalue weighted by molar-refractivity contribution is 6.32. The minimum Gasteiger partial charge on any atom is -0.507 e. The standard InChI is InChI=1S/C14H10ClNO2/c15-13-4-2-1-3-10(13)5-6-11-9-12(16-18)7-8-14(11)17/h1-9,17H/b6-5+. The third-order valence-corrected chi connectivity index (χ3v) is 2.81. The predicted octanol–water partition coefficient (Wildman–Crippen LogP) is 4.61. The second-order valence-electron chi connectivity index (χ2n) is 3.69. The first-order chi connectivity index (χ1) is 8.70. The quantitative estimate of drug-likeness (QED) is 0.646. The van der Waals surface area contributed by atoms with E-state index in [0.717, 1.165) is 5.56 Å². The zero-order valence-corrected chi connectivity index (χ0v) is 10.1. The van der Waals surface area contributed by atoms with Gasteiger partial charge in [0.2, 0.25) is 0 Å². The van der Waals surface area contributed by atoms with Crippen molar-refractivity contribution in [3.8, 4) is 5.75 Å². The molecule has 0 saturated heterocycles. The smallest absolute Gasteiger partial charge is 0.122 e. The molecule has 0 fully saturated rings. The molecule has 1 N–H and O–H groups in total. The molecule has 18 heavy (non-hydrogen) atoms. The van der Waals surface area contributed by atoms with Gasteiger partial charge in [0.25, 0.3) is 0 Å². The number of phenolic OH excluding ortho intramolecular Hbond substituents is 1. The topological polar surface area (TPSA) is 49.7 Å². The summed E-state index contributed by atoms with van der Waals surface area (Å²) < 4.78 is 0. The molecule has 2 aromatic rings. The molecule has 0 bridgehead atoms. The monoisotopic (exact) mass is 259 g/mol. The van der Waals surface area contributed by atoms with Gasteiger partial charge in [0.1, 0.15) is 11.4 Å². The Morgan fingerprint density at radius 1 is 1.06 bits per heavy atom. The van der Waals surface area contributed by atoms with Gasteiger partial charge in [-0.1, -0.05) is 42.0 Å². The molecular formula is C14H10ClNO2. The van der Waals surface area contributed by atoms with Crippen LogP contribution < -0.4 is 0 Å². The van der Waals surface area contributed by atoms with Crippen LogP contribution in [0.5, 0.6) is 5.75 Å². The molecule has 0 aliphatic heterocycles. The number of halogens is 1. The van der Waals surface area contributed by atoms with E-state index >= 15 is 0 Å². The van der Waals surface area contributed by atoms with Gasteiger partial charge in [-0.25, -0.2) is 0 Å². The lowest BCUT2D eigenvalue weighted by Gasteiger charge is -2.00. The minimum absolute atomic E-state index is 0.0886. The largest absolute Gasteiger partial charge is 0.507 e. The van der Waals surface area contributed by atoms with E-state index in [-0.39, 0.29) is 11.4 Å². The molecule has 0 unspecified atom stereocenters. The van der Waals surface area contributed by atoms with Crippen LogP contribution in [0.3, 0.4) is 0 Å². The highest BCUT2D eigenvalue weighted by Gasteiger charge is 2.00. The molecule has 90 valence electrons. The Hall–Kier alpha value is -2.13. The first-order valence-corrected chi connectivity index (χ1v) is 5.67. The van der Waals surface area contributed by atoms with E-state index < -0.39 is 0 Å². The van der Waals surface area contributed by atoms with Crippen molar-refractivity contribution in [2.24, 2.45) is 5.18 Å². The summed E-state index contributed by atoms with van der Waals surface area (Å²) in [6.45, 7) is 0. The molecule has 0 heterocycles. The average Bonchev–Trinajstić information content (AvgIpc) is 2.39. The fraction of sp³-hybridized carbons (Fsp3) is 0. The number of hydrogen-bond acceptors (Lipinski definition) is 3. The third-order valence-electron chi connectivity index (χ3n) is 2.46. The van der Waals surface area contributed by atoms with Gasteiger partial charge in [0, 0.05) is 10.6 Å². The van der Waals surface area contributed by atoms with Crippen molar-refractivity contribution in [2.45, 2.75) is 0 Å². The predicted molar refractivity (Wildman–Crippen MR) is 73.9 cm³/mol. The van der Waals surface area contributed by atoms with Crippen molar-refractivity contribution >= 4 is 29.4 Å². The number of phenols is 1. The SMILES string of the molecule is O=Nc1ccc(O)c(/C=C/c2ccccc2Cl)c1. The van der Waals surface area contributed by atoms with Gasteiger partial charge in [-0.3, -0.25) is 0 Å². The van der Waals surface area contributed by atoms with Gasteiger partial charge in [-0.2, -0.15) is 0 Å². The van der Waals surface area contributed by atoms with Crippen LogP contribution in [0.25, 0.3) is 12.2 Å². The van der Waals surface area contributed by atoms with Gasteiger partial charge in [0.15, 0.2) is 0 Å². The second kappa shape index (κ2) is 5.47. The van der Waals surface area contributed by atoms with Crippen molar-refractivity contribution < 1.29 is 5.11 Å². The Kier molecular flexibility index (Phi) is 3.75. The average molecular weight is 260 g/mol. The highest BCUT2D eigenvalue weighted by Crippen LogP contribution is 2.26. The Bertz CT molecular complexity index is 608. The lowest BCUT2D eigenvalue weighted by atomic mass is 10.1. The van der Waals surface area contributed by atoms with E-state index in [1.54, 1.807) is 18.2 Å². The van der Waals surface area contributed by atoms with Crippen LogP contribution in [-0.4, -0.2) is 5.11 Å². The number of hydrogen-bond donors (Lipinski definition) is 1. The van der Waals surface area contributed by atoms with Gasteiger partial charge in [0.05, 0.1) is 0 Å². The molecule has 0 spiro atoms. The maximum atomic E-state index is 10.4. The summed E-state index contributed by atoms with van der Waals surface area (Å²) >= 11 is 6.01. The molecular weight excluding hydrogens is 250 g/mol. The molecule has 0 aliphatic rings. The van der Waals surface area contributed by atoms with Crippen LogP contribution in [0.4, 0.5) is 5.69 Å². The summed E-state index contributed by atoms with van der Waals surface area (Å²) in [5, 5.41) is 13.1. The van der Waals surface area contributed by atoms with Crippen molar-refractivity contribution in [1.29, 1.82) is 0 Å². The Morgan fingerprint density at radius 3 is 2.50 bits per heavy atom. The maximum absolute atomic E-state index is 10.4. The van der Waals surface area contributed by atoms with Crippen molar-refractivity contribution in [3.05, 3.63) is 63.5 Å². The molecule has 0 aliphatic carbocycles. The van der Waals surface area contributed by atoms with Crippen LogP contribution >= 0.6 is 11.6 Å². The fourth-order valence-corrected chi connectivity index (χ4v) is 1.72. The summed E-state index contributed by atoms with van der Waals surface area (Å²) in [6, 6.07) is 11.7. The van der Waals surface area contributed by atoms with Gasteiger partial charge >= 0.3 is 0 Å². The lowest BCUT2D eigenvalue weighted by Crippen LogP contribution is -1.76. The number of benzene rings is 2. The second-order valence-corrected chi connectivity index (χ2v) is 4.10. The Morgan fingerprint density at radius 2 is 1.78 bits per heavy atom.